The molecular formula is C31H50O8. The van der Waals surface area contributed by atoms with Crippen molar-refractivity contribution in [1.29, 1.82) is 0 Å². The fourth-order valence-corrected chi connectivity index (χ4v) is 6.87. The molecule has 2 aliphatic carbocycles. The van der Waals surface area contributed by atoms with Gasteiger partial charge in [0.05, 0.1) is 6.61 Å². The van der Waals surface area contributed by atoms with E-state index >= 15 is 0 Å². The Morgan fingerprint density at radius 1 is 0.744 bits per heavy atom. The molecule has 1 N–H and O–H groups in total. The summed E-state index contributed by atoms with van der Waals surface area (Å²) in [5.74, 6) is -0.209. The highest BCUT2D eigenvalue weighted by Crippen LogP contribution is 2.61. The lowest BCUT2D eigenvalue weighted by atomic mass is 10.1. The predicted molar refractivity (Wildman–Crippen MR) is 147 cm³/mol. The molecule has 8 nitrogen and oxygen atoms in total. The van der Waals surface area contributed by atoms with Gasteiger partial charge in [0.1, 0.15) is 35.6 Å². The highest BCUT2D eigenvalue weighted by Gasteiger charge is 2.72. The summed E-state index contributed by atoms with van der Waals surface area (Å²) in [5, 5.41) is 10.2. The molecule has 222 valence electrons. The van der Waals surface area contributed by atoms with Crippen LogP contribution in [-0.4, -0.2) is 64.9 Å². The summed E-state index contributed by atoms with van der Waals surface area (Å²) in [5.41, 5.74) is 0.614. The first-order valence-corrected chi connectivity index (χ1v) is 13.9. The Hall–Kier alpha value is -1.10. The molecule has 10 atom stereocenters. The van der Waals surface area contributed by atoms with E-state index in [-0.39, 0.29) is 56.9 Å². The van der Waals surface area contributed by atoms with Crippen molar-refractivity contribution in [3.8, 4) is 0 Å². The minimum atomic E-state index is -0.630. The van der Waals surface area contributed by atoms with E-state index in [0.717, 1.165) is 25.7 Å². The van der Waals surface area contributed by atoms with Crippen LogP contribution in [0.2, 0.25) is 0 Å². The number of fused-ring (bicyclic) bond motifs is 2. The van der Waals surface area contributed by atoms with Crippen LogP contribution in [0.4, 0.5) is 0 Å². The van der Waals surface area contributed by atoms with Gasteiger partial charge in [-0.1, -0.05) is 71.9 Å². The van der Waals surface area contributed by atoms with Crippen molar-refractivity contribution in [3.05, 3.63) is 35.9 Å². The largest absolute Gasteiger partial charge is 0.387 e. The van der Waals surface area contributed by atoms with Gasteiger partial charge in [-0.2, -0.15) is 0 Å². The van der Waals surface area contributed by atoms with Crippen LogP contribution < -0.4 is 0 Å². The lowest BCUT2D eigenvalue weighted by Gasteiger charge is -2.26. The van der Waals surface area contributed by atoms with Crippen molar-refractivity contribution in [2.75, 3.05) is 0 Å². The zero-order valence-corrected chi connectivity index (χ0v) is 22.8. The van der Waals surface area contributed by atoms with Gasteiger partial charge in [-0.05, 0) is 57.9 Å². The molecule has 4 saturated heterocycles. The Balaban J connectivity index is 0.000000183. The maximum absolute atomic E-state index is 10.2. The van der Waals surface area contributed by atoms with E-state index in [1.54, 1.807) is 0 Å². The topological polar surface area (TPSA) is 84.8 Å². The van der Waals surface area contributed by atoms with Crippen molar-refractivity contribution in [3.63, 3.8) is 0 Å². The molecule has 6 fully saturated rings. The maximum atomic E-state index is 10.2. The number of ether oxygens (including phenoxy) is 7. The van der Waals surface area contributed by atoms with Crippen LogP contribution in [-0.2, 0) is 39.8 Å². The Labute approximate surface area is 234 Å². The predicted octanol–water partition coefficient (Wildman–Crippen LogP) is 5.54. The van der Waals surface area contributed by atoms with Gasteiger partial charge in [0, 0.05) is 0 Å². The first-order chi connectivity index (χ1) is 17.5. The first kappa shape index (κ1) is 30.8. The summed E-state index contributed by atoms with van der Waals surface area (Å²) in [6.45, 7) is 12.5. The highest BCUT2D eigenvalue weighted by atomic mass is 16.9. The Morgan fingerprint density at radius 2 is 1.26 bits per heavy atom. The Morgan fingerprint density at radius 3 is 1.79 bits per heavy atom. The van der Waals surface area contributed by atoms with Gasteiger partial charge in [-0.25, -0.2) is 0 Å². The molecule has 7 rings (SSSR count). The molecule has 1 aromatic rings. The second kappa shape index (κ2) is 10.6. The summed E-state index contributed by atoms with van der Waals surface area (Å²) in [6, 6.07) is 10.3. The van der Waals surface area contributed by atoms with Crippen LogP contribution in [0.3, 0.4) is 0 Å². The molecule has 0 radical (unpaired) electrons. The van der Waals surface area contributed by atoms with Gasteiger partial charge < -0.3 is 38.3 Å². The third-order valence-corrected chi connectivity index (χ3v) is 8.89. The number of hydrogen-bond donors (Lipinski definition) is 1. The molecular weight excluding hydrogens is 500 g/mol. The molecule has 0 amide bonds. The van der Waals surface area contributed by atoms with Crippen molar-refractivity contribution < 1.29 is 38.3 Å². The van der Waals surface area contributed by atoms with Crippen molar-refractivity contribution >= 4 is 0 Å². The lowest BCUT2D eigenvalue weighted by Crippen LogP contribution is -2.39. The molecule has 1 aromatic carbocycles. The van der Waals surface area contributed by atoms with Crippen molar-refractivity contribution in [1.82, 2.24) is 0 Å². The number of aliphatic hydroxyl groups is 1. The SMILES string of the molecule is C.C.CC[C@H]1C[C@]12O[C@@H]1OC(C)(C)O[C@H]1C2O.CC[C@H]1C[C@]12O[C@@H]1OC(C)(C)O[C@H]1C2OCc1ccccc1. The smallest absolute Gasteiger partial charge is 0.190 e. The van der Waals surface area contributed by atoms with Crippen molar-refractivity contribution in [2.24, 2.45) is 11.8 Å². The number of hydrogen-bond acceptors (Lipinski definition) is 8. The minimum Gasteiger partial charge on any atom is -0.387 e. The molecule has 4 aliphatic heterocycles. The summed E-state index contributed by atoms with van der Waals surface area (Å²) in [6.07, 6.45) is 2.42. The van der Waals surface area contributed by atoms with E-state index in [4.69, 9.17) is 33.2 Å². The van der Waals surface area contributed by atoms with E-state index < -0.39 is 17.7 Å². The zero-order valence-electron chi connectivity index (χ0n) is 22.8. The minimum absolute atomic E-state index is 0. The number of rotatable bonds is 5. The van der Waals surface area contributed by atoms with Crippen LogP contribution in [0.25, 0.3) is 0 Å². The zero-order chi connectivity index (χ0) is 26.2. The van der Waals surface area contributed by atoms with E-state index in [1.165, 1.54) is 5.56 Å². The lowest BCUT2D eigenvalue weighted by molar-refractivity contribution is -0.227. The maximum Gasteiger partial charge on any atom is 0.190 e. The first-order valence-electron chi connectivity index (χ1n) is 13.9. The Kier molecular flexibility index (Phi) is 8.41. The van der Waals surface area contributed by atoms with Gasteiger partial charge >= 0.3 is 0 Å². The monoisotopic (exact) mass is 550 g/mol. The van der Waals surface area contributed by atoms with Gasteiger partial charge in [-0.15, -0.1) is 0 Å². The summed E-state index contributed by atoms with van der Waals surface area (Å²) in [7, 11) is 0. The molecule has 2 saturated carbocycles. The second-order valence-electron chi connectivity index (χ2n) is 12.4. The van der Waals surface area contributed by atoms with Crippen LogP contribution in [0.15, 0.2) is 30.3 Å². The van der Waals surface area contributed by atoms with Crippen LogP contribution >= 0.6 is 0 Å². The van der Waals surface area contributed by atoms with Gasteiger partial charge in [0.15, 0.2) is 24.2 Å². The van der Waals surface area contributed by atoms with Crippen LogP contribution in [0, 0.1) is 11.8 Å². The van der Waals surface area contributed by atoms with Gasteiger partial charge in [-0.3, -0.25) is 0 Å². The van der Waals surface area contributed by atoms with E-state index in [9.17, 15) is 5.11 Å². The highest BCUT2D eigenvalue weighted by molar-refractivity contribution is 5.19. The molecule has 8 heteroatoms. The van der Waals surface area contributed by atoms with Crippen LogP contribution in [0.5, 0.6) is 0 Å². The van der Waals surface area contributed by atoms with E-state index in [2.05, 4.69) is 26.0 Å². The van der Waals surface area contributed by atoms with Gasteiger partial charge in [0.2, 0.25) is 0 Å². The number of benzene rings is 1. The van der Waals surface area contributed by atoms with E-state index in [1.807, 2.05) is 45.9 Å². The third-order valence-electron chi connectivity index (χ3n) is 8.89. The average molecular weight is 551 g/mol. The standard InChI is InChI=1S/C18H24O4.C11H18O4.2CH4/c1-4-13-10-18(13)15(19-11-12-8-6-5-7-9-12)14-16(22-18)21-17(2,3)20-14;1-4-6-5-11(6)8(12)7-9(15-11)14-10(2,3)13-7;;/h5-9,13-16H,4,10-11H2,1-3H3;6-9,12H,4-5H2,1-3H3;2*1H4/t13-,14-,15?,16-,18-;6-,7-,8?,9-,11-;;/m00../s1. The molecule has 0 aromatic heterocycles. The molecule has 4 heterocycles. The quantitative estimate of drug-likeness (QED) is 0.511. The van der Waals surface area contributed by atoms with Crippen molar-refractivity contribution in [2.45, 2.75) is 148 Å². The molecule has 2 unspecified atom stereocenters. The third kappa shape index (κ3) is 5.32. The molecule has 2 spiro atoms. The van der Waals surface area contributed by atoms with E-state index in [0.29, 0.717) is 18.4 Å². The summed E-state index contributed by atoms with van der Waals surface area (Å²) >= 11 is 0. The normalized spacial score (nSPS) is 45.1. The molecule has 6 aliphatic rings. The fraction of sp³-hybridized carbons (Fsp3) is 0.806. The molecule has 0 bridgehead atoms. The van der Waals surface area contributed by atoms with Gasteiger partial charge in [0.25, 0.3) is 0 Å². The summed E-state index contributed by atoms with van der Waals surface area (Å²) in [4.78, 5) is 0. The molecule has 39 heavy (non-hydrogen) atoms. The second-order valence-corrected chi connectivity index (χ2v) is 12.4. The van der Waals surface area contributed by atoms with Crippen LogP contribution in [0.1, 0.15) is 87.6 Å². The fourth-order valence-electron chi connectivity index (χ4n) is 6.87. The Bertz CT molecular complexity index is 984. The number of aliphatic hydroxyl groups excluding tert-OH is 1. The summed E-state index contributed by atoms with van der Waals surface area (Å²) < 4.78 is 41.6. The average Bonchev–Trinajstić information content (AvgIpc) is 3.61.